The summed E-state index contributed by atoms with van der Waals surface area (Å²) < 4.78 is 5.69. The second-order valence-corrected chi connectivity index (χ2v) is 4.83. The van der Waals surface area contributed by atoms with E-state index in [4.69, 9.17) is 15.9 Å². The SMILES string of the molecule is CC(CN(C)CC1CN(C)CCO1)C(=N)N. The highest BCUT2D eigenvalue weighted by Crippen LogP contribution is 2.06. The number of likely N-dealkylation sites (N-methyl/N-ethyl adjacent to an activating group) is 2. The van der Waals surface area contributed by atoms with Crippen molar-refractivity contribution in [1.82, 2.24) is 9.80 Å². The largest absolute Gasteiger partial charge is 0.387 e. The van der Waals surface area contributed by atoms with Crippen LogP contribution in [0.2, 0.25) is 0 Å². The molecular formula is C11H24N4O. The Hall–Kier alpha value is -0.650. The maximum absolute atomic E-state index is 7.36. The van der Waals surface area contributed by atoms with E-state index < -0.39 is 0 Å². The van der Waals surface area contributed by atoms with Gasteiger partial charge < -0.3 is 20.3 Å². The summed E-state index contributed by atoms with van der Waals surface area (Å²) in [4.78, 5) is 4.48. The summed E-state index contributed by atoms with van der Waals surface area (Å²) in [6, 6.07) is 0. The number of nitrogens with two attached hydrogens (primary N) is 1. The molecule has 16 heavy (non-hydrogen) atoms. The van der Waals surface area contributed by atoms with Gasteiger partial charge in [-0.05, 0) is 14.1 Å². The number of rotatable bonds is 5. The fraction of sp³-hybridized carbons (Fsp3) is 0.909. The van der Waals surface area contributed by atoms with Crippen LogP contribution in [0.1, 0.15) is 6.92 Å². The zero-order valence-corrected chi connectivity index (χ0v) is 10.6. The quantitative estimate of drug-likeness (QED) is 0.506. The van der Waals surface area contributed by atoms with E-state index in [1.165, 1.54) is 0 Å². The van der Waals surface area contributed by atoms with E-state index in [1.807, 2.05) is 6.92 Å². The summed E-state index contributed by atoms with van der Waals surface area (Å²) in [5, 5.41) is 7.36. The molecule has 1 rings (SSSR count). The molecule has 0 aliphatic carbocycles. The summed E-state index contributed by atoms with van der Waals surface area (Å²) in [7, 11) is 4.17. The lowest BCUT2D eigenvalue weighted by molar-refractivity contribution is -0.0330. The van der Waals surface area contributed by atoms with E-state index >= 15 is 0 Å². The van der Waals surface area contributed by atoms with Crippen molar-refractivity contribution >= 4 is 5.84 Å². The minimum Gasteiger partial charge on any atom is -0.387 e. The highest BCUT2D eigenvalue weighted by atomic mass is 16.5. The van der Waals surface area contributed by atoms with Gasteiger partial charge in [-0.25, -0.2) is 0 Å². The van der Waals surface area contributed by atoms with Crippen molar-refractivity contribution in [1.29, 1.82) is 5.41 Å². The van der Waals surface area contributed by atoms with Gasteiger partial charge in [0.1, 0.15) is 0 Å². The highest BCUT2D eigenvalue weighted by Gasteiger charge is 2.20. The molecule has 0 bridgehead atoms. The third-order valence-corrected chi connectivity index (χ3v) is 2.97. The van der Waals surface area contributed by atoms with Crippen molar-refractivity contribution in [3.8, 4) is 0 Å². The number of hydrogen-bond donors (Lipinski definition) is 2. The second-order valence-electron chi connectivity index (χ2n) is 4.83. The molecular weight excluding hydrogens is 204 g/mol. The van der Waals surface area contributed by atoms with Crippen LogP contribution in [-0.4, -0.2) is 68.6 Å². The van der Waals surface area contributed by atoms with Crippen molar-refractivity contribution in [3.63, 3.8) is 0 Å². The van der Waals surface area contributed by atoms with Crippen LogP contribution in [0, 0.1) is 11.3 Å². The second kappa shape index (κ2) is 6.18. The maximum Gasteiger partial charge on any atom is 0.0947 e. The van der Waals surface area contributed by atoms with Gasteiger partial charge in [-0.15, -0.1) is 0 Å². The van der Waals surface area contributed by atoms with Gasteiger partial charge in [0.25, 0.3) is 0 Å². The van der Waals surface area contributed by atoms with Gasteiger partial charge in [0, 0.05) is 32.1 Å². The van der Waals surface area contributed by atoms with E-state index in [-0.39, 0.29) is 17.9 Å². The Morgan fingerprint density at radius 2 is 2.38 bits per heavy atom. The monoisotopic (exact) mass is 228 g/mol. The molecule has 1 saturated heterocycles. The molecule has 0 radical (unpaired) electrons. The predicted molar refractivity (Wildman–Crippen MR) is 65.8 cm³/mol. The zero-order valence-electron chi connectivity index (χ0n) is 10.6. The number of morpholine rings is 1. The van der Waals surface area contributed by atoms with Crippen LogP contribution in [0.4, 0.5) is 0 Å². The van der Waals surface area contributed by atoms with Crippen molar-refractivity contribution in [2.24, 2.45) is 11.7 Å². The highest BCUT2D eigenvalue weighted by molar-refractivity contribution is 5.79. The average molecular weight is 228 g/mol. The van der Waals surface area contributed by atoms with Gasteiger partial charge in [-0.1, -0.05) is 6.92 Å². The fourth-order valence-electron chi connectivity index (χ4n) is 1.97. The van der Waals surface area contributed by atoms with Crippen molar-refractivity contribution in [2.75, 3.05) is 46.9 Å². The van der Waals surface area contributed by atoms with E-state index in [2.05, 4.69) is 23.9 Å². The maximum atomic E-state index is 7.36. The first-order valence-corrected chi connectivity index (χ1v) is 5.81. The van der Waals surface area contributed by atoms with Crippen molar-refractivity contribution in [3.05, 3.63) is 0 Å². The van der Waals surface area contributed by atoms with Gasteiger partial charge >= 0.3 is 0 Å². The fourth-order valence-corrected chi connectivity index (χ4v) is 1.97. The minimum absolute atomic E-state index is 0.117. The molecule has 0 aromatic heterocycles. The first kappa shape index (κ1) is 13.4. The summed E-state index contributed by atoms with van der Waals surface area (Å²) >= 11 is 0. The van der Waals surface area contributed by atoms with E-state index in [0.717, 1.165) is 32.8 Å². The average Bonchev–Trinajstić information content (AvgIpc) is 2.16. The Labute approximate surface area is 98.0 Å². The van der Waals surface area contributed by atoms with Crippen LogP contribution in [-0.2, 0) is 4.74 Å². The van der Waals surface area contributed by atoms with Crippen LogP contribution in [0.5, 0.6) is 0 Å². The lowest BCUT2D eigenvalue weighted by Gasteiger charge is -2.33. The van der Waals surface area contributed by atoms with Crippen molar-refractivity contribution < 1.29 is 4.74 Å². The molecule has 0 aromatic rings. The molecule has 1 fully saturated rings. The number of ether oxygens (including phenoxy) is 1. The summed E-state index contributed by atoms with van der Waals surface area (Å²) in [5.74, 6) is 0.375. The molecule has 3 N–H and O–H groups in total. The number of amidine groups is 1. The Bertz CT molecular complexity index is 234. The molecule has 0 aromatic carbocycles. The molecule has 1 aliphatic rings. The summed E-state index contributed by atoms with van der Waals surface area (Å²) in [5.41, 5.74) is 5.46. The molecule has 5 nitrogen and oxygen atoms in total. The Morgan fingerprint density at radius 1 is 1.69 bits per heavy atom. The lowest BCUT2D eigenvalue weighted by atomic mass is 10.1. The third kappa shape index (κ3) is 4.47. The van der Waals surface area contributed by atoms with Gasteiger partial charge in [0.05, 0.1) is 18.5 Å². The van der Waals surface area contributed by atoms with E-state index in [9.17, 15) is 0 Å². The van der Waals surface area contributed by atoms with E-state index in [1.54, 1.807) is 0 Å². The molecule has 94 valence electrons. The Morgan fingerprint density at radius 3 is 2.94 bits per heavy atom. The smallest absolute Gasteiger partial charge is 0.0947 e. The molecule has 0 spiro atoms. The normalized spacial score (nSPS) is 24.6. The molecule has 0 saturated carbocycles. The van der Waals surface area contributed by atoms with E-state index in [0.29, 0.717) is 0 Å². The first-order valence-electron chi connectivity index (χ1n) is 5.81. The van der Waals surface area contributed by atoms with Gasteiger partial charge in [-0.2, -0.15) is 0 Å². The van der Waals surface area contributed by atoms with Crippen LogP contribution in [0.15, 0.2) is 0 Å². The molecule has 1 heterocycles. The van der Waals surface area contributed by atoms with Crippen LogP contribution < -0.4 is 5.73 Å². The number of hydrogen-bond acceptors (Lipinski definition) is 4. The lowest BCUT2D eigenvalue weighted by Crippen LogP contribution is -2.46. The molecule has 5 heteroatoms. The van der Waals surface area contributed by atoms with Gasteiger partial charge in [0.15, 0.2) is 0 Å². The summed E-state index contributed by atoms with van der Waals surface area (Å²) in [6.07, 6.45) is 0.280. The van der Waals surface area contributed by atoms with Gasteiger partial charge in [-0.3, -0.25) is 5.41 Å². The molecule has 1 aliphatic heterocycles. The molecule has 2 unspecified atom stereocenters. The van der Waals surface area contributed by atoms with Gasteiger partial charge in [0.2, 0.25) is 0 Å². The Balaban J connectivity index is 2.27. The van der Waals surface area contributed by atoms with Crippen LogP contribution in [0.25, 0.3) is 0 Å². The summed E-state index contributed by atoms with van der Waals surface area (Å²) in [6.45, 7) is 6.52. The van der Waals surface area contributed by atoms with Crippen molar-refractivity contribution in [2.45, 2.75) is 13.0 Å². The number of nitrogens with zero attached hydrogens (tertiary/aromatic N) is 2. The molecule has 2 atom stereocenters. The predicted octanol–water partition coefficient (Wildman–Crippen LogP) is -0.179. The van der Waals surface area contributed by atoms with Crippen LogP contribution in [0.3, 0.4) is 0 Å². The number of nitrogens with one attached hydrogen (secondary N) is 1. The van der Waals surface area contributed by atoms with Crippen LogP contribution >= 0.6 is 0 Å². The Kier molecular flexibility index (Phi) is 5.18. The third-order valence-electron chi connectivity index (χ3n) is 2.97. The zero-order chi connectivity index (χ0) is 12.1. The topological polar surface area (TPSA) is 65.6 Å². The minimum atomic E-state index is 0.117. The standard InChI is InChI=1S/C11H24N4O/c1-9(11(12)13)6-15(3)8-10-7-14(2)4-5-16-10/h9-10H,4-8H2,1-3H3,(H3,12,13). The molecule has 0 amide bonds. The first-order chi connectivity index (χ1) is 7.49.